The number of anilines is 1. The van der Waals surface area contributed by atoms with Crippen LogP contribution in [0.4, 0.5) is 14.5 Å². The van der Waals surface area contributed by atoms with Gasteiger partial charge in [-0.15, -0.1) is 11.3 Å². The van der Waals surface area contributed by atoms with Crippen LogP contribution in [0.25, 0.3) is 21.7 Å². The van der Waals surface area contributed by atoms with Gasteiger partial charge in [-0.05, 0) is 48.0 Å². The van der Waals surface area contributed by atoms with Gasteiger partial charge in [-0.2, -0.15) is 0 Å². The molecule has 3 N–H and O–H groups in total. The molecule has 0 saturated heterocycles. The van der Waals surface area contributed by atoms with Gasteiger partial charge in [0.2, 0.25) is 10.0 Å². The van der Waals surface area contributed by atoms with E-state index in [1.165, 1.54) is 54.6 Å². The van der Waals surface area contributed by atoms with E-state index in [9.17, 15) is 22.0 Å². The molecule has 0 aliphatic heterocycles. The lowest BCUT2D eigenvalue weighted by Gasteiger charge is -2.04. The van der Waals surface area contributed by atoms with Gasteiger partial charge in [0, 0.05) is 11.3 Å². The Bertz CT molecular complexity index is 1400. The maximum absolute atomic E-state index is 13.4. The number of carbonyl (C=O) groups is 1. The largest absolute Gasteiger partial charge is 0.320 e. The Labute approximate surface area is 186 Å². The molecule has 1 aromatic heterocycles. The molecule has 1 amide bonds. The van der Waals surface area contributed by atoms with Crippen LogP contribution in [0.1, 0.15) is 9.80 Å². The molecule has 3 aromatic carbocycles. The lowest BCUT2D eigenvalue weighted by atomic mass is 10.1. The fourth-order valence-corrected chi connectivity index (χ4v) is 4.47. The van der Waals surface area contributed by atoms with Gasteiger partial charge >= 0.3 is 0 Å². The van der Waals surface area contributed by atoms with E-state index in [-0.39, 0.29) is 15.6 Å². The minimum Gasteiger partial charge on any atom is -0.320 e. The maximum atomic E-state index is 13.4. The van der Waals surface area contributed by atoms with Crippen molar-refractivity contribution < 1.29 is 22.0 Å². The van der Waals surface area contributed by atoms with Crippen LogP contribution < -0.4 is 10.5 Å². The van der Waals surface area contributed by atoms with E-state index in [2.05, 4.69) is 10.3 Å². The topological polar surface area (TPSA) is 102 Å². The lowest BCUT2D eigenvalue weighted by Crippen LogP contribution is -2.12. The SMILES string of the molecule is NS(=O)(=O)c1ccc(-c2nc(C(=O)Nc3cccc(F)c3)sc2-c2ccc(F)cc2)cc1. The van der Waals surface area contributed by atoms with Crippen LogP contribution in [0, 0.1) is 11.6 Å². The summed E-state index contributed by atoms with van der Waals surface area (Å²) in [7, 11) is -3.87. The number of nitrogens with one attached hydrogen (secondary N) is 1. The Morgan fingerprint density at radius 2 is 1.56 bits per heavy atom. The molecule has 0 aliphatic carbocycles. The van der Waals surface area contributed by atoms with E-state index in [4.69, 9.17) is 5.14 Å². The van der Waals surface area contributed by atoms with Crippen LogP contribution in [-0.4, -0.2) is 19.3 Å². The first-order chi connectivity index (χ1) is 15.2. The second kappa shape index (κ2) is 8.58. The number of carbonyl (C=O) groups excluding carboxylic acids is 1. The number of hydrogen-bond donors (Lipinski definition) is 2. The first-order valence-electron chi connectivity index (χ1n) is 9.17. The molecule has 1 heterocycles. The number of primary sulfonamides is 1. The average Bonchev–Trinajstić information content (AvgIpc) is 3.19. The van der Waals surface area contributed by atoms with Crippen LogP contribution in [0.15, 0.2) is 77.7 Å². The smallest absolute Gasteiger partial charge is 0.284 e. The van der Waals surface area contributed by atoms with Crippen LogP contribution in [0.2, 0.25) is 0 Å². The summed E-state index contributed by atoms with van der Waals surface area (Å²) in [5.41, 5.74) is 1.84. The number of aromatic nitrogens is 1. The van der Waals surface area contributed by atoms with E-state index in [0.29, 0.717) is 21.7 Å². The van der Waals surface area contributed by atoms with Crippen LogP contribution in [0.5, 0.6) is 0 Å². The molecule has 0 saturated carbocycles. The van der Waals surface area contributed by atoms with Gasteiger partial charge in [-0.25, -0.2) is 27.3 Å². The number of benzene rings is 3. The summed E-state index contributed by atoms with van der Waals surface area (Å²) in [5.74, 6) is -1.46. The van der Waals surface area contributed by atoms with Crippen molar-refractivity contribution in [3.8, 4) is 21.7 Å². The predicted octanol–water partition coefficient (Wildman–Crippen LogP) is 4.66. The van der Waals surface area contributed by atoms with Crippen molar-refractivity contribution in [2.75, 3.05) is 5.32 Å². The van der Waals surface area contributed by atoms with Gasteiger partial charge in [-0.1, -0.05) is 30.3 Å². The van der Waals surface area contributed by atoms with E-state index in [1.807, 2.05) is 0 Å². The average molecular weight is 472 g/mol. The number of nitrogens with two attached hydrogens (primary N) is 1. The van der Waals surface area contributed by atoms with Crippen LogP contribution in [-0.2, 0) is 10.0 Å². The van der Waals surface area contributed by atoms with Crippen LogP contribution >= 0.6 is 11.3 Å². The van der Waals surface area contributed by atoms with Gasteiger partial charge in [-0.3, -0.25) is 4.79 Å². The number of sulfonamides is 1. The van der Waals surface area contributed by atoms with Crippen molar-refractivity contribution in [2.24, 2.45) is 5.14 Å². The van der Waals surface area contributed by atoms with Gasteiger partial charge in [0.15, 0.2) is 5.01 Å². The normalized spacial score (nSPS) is 11.3. The summed E-state index contributed by atoms with van der Waals surface area (Å²) in [6.45, 7) is 0. The quantitative estimate of drug-likeness (QED) is 0.442. The molecule has 0 spiro atoms. The van der Waals surface area contributed by atoms with Crippen molar-refractivity contribution in [3.63, 3.8) is 0 Å². The third kappa shape index (κ3) is 4.72. The predicted molar refractivity (Wildman–Crippen MR) is 119 cm³/mol. The highest BCUT2D eigenvalue weighted by Gasteiger charge is 2.20. The highest BCUT2D eigenvalue weighted by molar-refractivity contribution is 7.89. The number of rotatable bonds is 5. The third-order valence-corrected chi connectivity index (χ3v) is 6.50. The van der Waals surface area contributed by atoms with Gasteiger partial charge in [0.05, 0.1) is 15.5 Å². The van der Waals surface area contributed by atoms with Crippen molar-refractivity contribution in [1.29, 1.82) is 0 Å². The zero-order valence-electron chi connectivity index (χ0n) is 16.2. The number of amides is 1. The summed E-state index contributed by atoms with van der Waals surface area (Å²) in [5, 5.41) is 7.84. The van der Waals surface area contributed by atoms with E-state index < -0.39 is 27.6 Å². The summed E-state index contributed by atoms with van der Waals surface area (Å²) in [6, 6.07) is 16.9. The highest BCUT2D eigenvalue weighted by Crippen LogP contribution is 2.37. The minimum atomic E-state index is -3.87. The zero-order valence-corrected chi connectivity index (χ0v) is 17.9. The van der Waals surface area contributed by atoms with E-state index in [1.54, 1.807) is 18.2 Å². The molecule has 4 rings (SSSR count). The Kier molecular flexibility index (Phi) is 5.83. The van der Waals surface area contributed by atoms with Crippen molar-refractivity contribution >= 4 is 33.0 Å². The molecule has 0 unspecified atom stereocenters. The van der Waals surface area contributed by atoms with Crippen molar-refractivity contribution in [2.45, 2.75) is 4.90 Å². The molecule has 0 aliphatic rings. The van der Waals surface area contributed by atoms with E-state index in [0.717, 1.165) is 11.3 Å². The van der Waals surface area contributed by atoms with Crippen LogP contribution in [0.3, 0.4) is 0 Å². The Hall–Kier alpha value is -3.47. The molecule has 0 atom stereocenters. The molecule has 6 nitrogen and oxygen atoms in total. The van der Waals surface area contributed by atoms with Gasteiger partial charge in [0.25, 0.3) is 5.91 Å². The summed E-state index contributed by atoms with van der Waals surface area (Å²) in [6.07, 6.45) is 0. The lowest BCUT2D eigenvalue weighted by molar-refractivity contribution is 0.102. The second-order valence-corrected chi connectivity index (χ2v) is 9.30. The first kappa shape index (κ1) is 21.8. The monoisotopic (exact) mass is 471 g/mol. The van der Waals surface area contributed by atoms with Gasteiger partial charge < -0.3 is 5.32 Å². The standard InChI is InChI=1S/C22H15F2N3O3S2/c23-15-8-4-14(5-9-15)20-19(13-6-10-18(11-7-13)32(25,29)30)27-22(31-20)21(28)26-17-3-1-2-16(24)12-17/h1-12H,(H,26,28)(H2,25,29,30). The summed E-state index contributed by atoms with van der Waals surface area (Å²) < 4.78 is 49.9. The molecule has 0 bridgehead atoms. The number of hydrogen-bond acceptors (Lipinski definition) is 5. The zero-order chi connectivity index (χ0) is 22.9. The fraction of sp³-hybridized carbons (Fsp3) is 0. The Morgan fingerprint density at radius 3 is 2.19 bits per heavy atom. The van der Waals surface area contributed by atoms with Gasteiger partial charge in [0.1, 0.15) is 11.6 Å². The molecule has 10 heteroatoms. The molecular formula is C22H15F2N3O3S2. The number of halogens is 2. The molecule has 162 valence electrons. The third-order valence-electron chi connectivity index (χ3n) is 4.47. The highest BCUT2D eigenvalue weighted by atomic mass is 32.2. The number of nitrogens with zero attached hydrogens (tertiary/aromatic N) is 1. The minimum absolute atomic E-state index is 0.0658. The fourth-order valence-electron chi connectivity index (χ4n) is 2.96. The Balaban J connectivity index is 1.76. The first-order valence-corrected chi connectivity index (χ1v) is 11.5. The summed E-state index contributed by atoms with van der Waals surface area (Å²) in [4.78, 5) is 17.7. The summed E-state index contributed by atoms with van der Waals surface area (Å²) >= 11 is 1.07. The van der Waals surface area contributed by atoms with Crippen molar-refractivity contribution in [1.82, 2.24) is 4.98 Å². The van der Waals surface area contributed by atoms with E-state index >= 15 is 0 Å². The Morgan fingerprint density at radius 1 is 0.906 bits per heavy atom. The molecule has 0 radical (unpaired) electrons. The maximum Gasteiger partial charge on any atom is 0.284 e. The molecule has 4 aromatic rings. The molecule has 32 heavy (non-hydrogen) atoms. The second-order valence-electron chi connectivity index (χ2n) is 6.74. The number of thiazole rings is 1. The molecular weight excluding hydrogens is 456 g/mol. The molecule has 0 fully saturated rings. The van der Waals surface area contributed by atoms with Crippen molar-refractivity contribution in [3.05, 3.63) is 89.4 Å².